The van der Waals surface area contributed by atoms with Crippen molar-refractivity contribution in [3.05, 3.63) is 15.0 Å². The van der Waals surface area contributed by atoms with E-state index in [4.69, 9.17) is 9.47 Å². The highest BCUT2D eigenvalue weighted by Crippen LogP contribution is 2.52. The van der Waals surface area contributed by atoms with Crippen LogP contribution in [0.5, 0.6) is 0 Å². The first-order chi connectivity index (χ1) is 10.2. The summed E-state index contributed by atoms with van der Waals surface area (Å²) in [5, 5.41) is 5.32. The van der Waals surface area contributed by atoms with Crippen LogP contribution in [-0.4, -0.2) is 35.8 Å². The number of aromatic nitrogens is 1. The Morgan fingerprint density at radius 1 is 1.45 bits per heavy atom. The van der Waals surface area contributed by atoms with E-state index in [0.29, 0.717) is 0 Å². The number of nitrogens with one attached hydrogen (secondary N) is 1. The predicted octanol–water partition coefficient (Wildman–Crippen LogP) is 3.00. The quantitative estimate of drug-likeness (QED) is 0.799. The third-order valence-electron chi connectivity index (χ3n) is 3.34. The molecule has 22 heavy (non-hydrogen) atoms. The van der Waals surface area contributed by atoms with Crippen molar-refractivity contribution in [2.75, 3.05) is 7.11 Å². The molecule has 1 aromatic heterocycles. The van der Waals surface area contributed by atoms with Gasteiger partial charge in [-0.25, -0.2) is 14.6 Å². The summed E-state index contributed by atoms with van der Waals surface area (Å²) in [5.74, 6) is -0.491. The zero-order chi connectivity index (χ0) is 16.5. The SMILES string of the molecule is COC(=O)[C@H](NC(=O)OC(C)(C)C)C1(c2nc(Br)cs2)CC1. The van der Waals surface area contributed by atoms with Gasteiger partial charge >= 0.3 is 12.1 Å². The zero-order valence-corrected chi connectivity index (χ0v) is 15.3. The van der Waals surface area contributed by atoms with Crippen LogP contribution in [0.1, 0.15) is 38.6 Å². The third-order valence-corrected chi connectivity index (χ3v) is 5.11. The van der Waals surface area contributed by atoms with Crippen LogP contribution in [0.4, 0.5) is 4.79 Å². The van der Waals surface area contributed by atoms with Crippen molar-refractivity contribution in [3.63, 3.8) is 0 Å². The van der Waals surface area contributed by atoms with Gasteiger partial charge in [0.2, 0.25) is 0 Å². The smallest absolute Gasteiger partial charge is 0.408 e. The Labute approximate surface area is 141 Å². The van der Waals surface area contributed by atoms with Crippen LogP contribution in [0.15, 0.2) is 9.98 Å². The molecule has 0 spiro atoms. The molecule has 1 N–H and O–H groups in total. The molecule has 6 nitrogen and oxygen atoms in total. The summed E-state index contributed by atoms with van der Waals surface area (Å²) in [4.78, 5) is 28.6. The summed E-state index contributed by atoms with van der Waals surface area (Å²) in [6, 6.07) is -0.801. The minimum absolute atomic E-state index is 0.491. The summed E-state index contributed by atoms with van der Waals surface area (Å²) in [6.45, 7) is 5.31. The van der Waals surface area contributed by atoms with Gasteiger partial charge in [-0.2, -0.15) is 0 Å². The number of nitrogens with zero attached hydrogens (tertiary/aromatic N) is 1. The lowest BCUT2D eigenvalue weighted by Gasteiger charge is -2.26. The topological polar surface area (TPSA) is 77.5 Å². The fourth-order valence-corrected chi connectivity index (χ4v) is 3.75. The molecule has 0 unspecified atom stereocenters. The summed E-state index contributed by atoms with van der Waals surface area (Å²) in [7, 11) is 1.31. The first-order valence-corrected chi connectivity index (χ1v) is 8.54. The van der Waals surface area contributed by atoms with E-state index < -0.39 is 29.1 Å². The number of methoxy groups -OCH3 is 1. The van der Waals surface area contributed by atoms with Crippen LogP contribution in [0, 0.1) is 0 Å². The molecule has 1 amide bonds. The lowest BCUT2D eigenvalue weighted by molar-refractivity contribution is -0.144. The average Bonchev–Trinajstić information content (AvgIpc) is 3.09. The van der Waals surface area contributed by atoms with E-state index in [1.165, 1.54) is 18.4 Å². The minimum atomic E-state index is -0.801. The second-order valence-electron chi connectivity index (χ2n) is 6.23. The number of rotatable bonds is 4. The number of hydrogen-bond acceptors (Lipinski definition) is 6. The molecule has 1 heterocycles. The van der Waals surface area contributed by atoms with E-state index >= 15 is 0 Å². The first-order valence-electron chi connectivity index (χ1n) is 6.87. The molecule has 0 aromatic carbocycles. The van der Waals surface area contributed by atoms with Crippen LogP contribution in [0.2, 0.25) is 0 Å². The van der Waals surface area contributed by atoms with Crippen LogP contribution in [0.3, 0.4) is 0 Å². The van der Waals surface area contributed by atoms with E-state index in [1.807, 2.05) is 5.38 Å². The van der Waals surface area contributed by atoms with Crippen molar-refractivity contribution in [2.45, 2.75) is 50.7 Å². The van der Waals surface area contributed by atoms with E-state index in [9.17, 15) is 9.59 Å². The van der Waals surface area contributed by atoms with Gasteiger partial charge in [-0.15, -0.1) is 11.3 Å². The van der Waals surface area contributed by atoms with Crippen molar-refractivity contribution in [3.8, 4) is 0 Å². The summed E-state index contributed by atoms with van der Waals surface area (Å²) in [5.41, 5.74) is -1.13. The van der Waals surface area contributed by atoms with Crippen molar-refractivity contribution < 1.29 is 19.1 Å². The molecule has 1 aliphatic carbocycles. The van der Waals surface area contributed by atoms with E-state index in [-0.39, 0.29) is 0 Å². The van der Waals surface area contributed by atoms with Gasteiger partial charge < -0.3 is 14.8 Å². The maximum Gasteiger partial charge on any atom is 0.408 e. The normalized spacial score (nSPS) is 17.5. The van der Waals surface area contributed by atoms with Gasteiger partial charge in [0.1, 0.15) is 21.3 Å². The second-order valence-corrected chi connectivity index (χ2v) is 7.90. The maximum absolute atomic E-state index is 12.2. The molecule has 8 heteroatoms. The Morgan fingerprint density at radius 2 is 2.09 bits per heavy atom. The number of hydrogen-bond donors (Lipinski definition) is 1. The minimum Gasteiger partial charge on any atom is -0.467 e. The van der Waals surface area contributed by atoms with Gasteiger partial charge in [0.05, 0.1) is 12.5 Å². The molecule has 0 aliphatic heterocycles. The van der Waals surface area contributed by atoms with E-state index in [2.05, 4.69) is 26.2 Å². The van der Waals surface area contributed by atoms with E-state index in [1.54, 1.807) is 20.8 Å². The highest BCUT2D eigenvalue weighted by Gasteiger charge is 2.57. The molecule has 2 rings (SSSR count). The Kier molecular flexibility index (Phi) is 4.81. The molecule has 0 radical (unpaired) electrons. The summed E-state index contributed by atoms with van der Waals surface area (Å²) in [6.07, 6.45) is 0.898. The number of carbonyl (C=O) groups is 2. The molecule has 1 aromatic rings. The lowest BCUT2D eigenvalue weighted by atomic mass is 9.97. The average molecular weight is 391 g/mol. The summed E-state index contributed by atoms with van der Waals surface area (Å²) >= 11 is 4.77. The Balaban J connectivity index is 2.20. The number of amides is 1. The molecule has 1 aliphatic rings. The number of halogens is 1. The van der Waals surface area contributed by atoms with Gasteiger partial charge in [-0.3, -0.25) is 0 Å². The molecule has 1 fully saturated rings. The van der Waals surface area contributed by atoms with Crippen molar-refractivity contribution in [1.82, 2.24) is 10.3 Å². The molecule has 1 saturated carbocycles. The van der Waals surface area contributed by atoms with Gasteiger partial charge in [-0.1, -0.05) is 0 Å². The molecular formula is C14H19BrN2O4S. The third kappa shape index (κ3) is 3.78. The number of alkyl carbamates (subject to hydrolysis) is 1. The molecular weight excluding hydrogens is 372 g/mol. The zero-order valence-electron chi connectivity index (χ0n) is 12.9. The molecule has 0 saturated heterocycles. The summed E-state index contributed by atoms with van der Waals surface area (Å²) < 4.78 is 10.8. The van der Waals surface area contributed by atoms with Crippen LogP contribution >= 0.6 is 27.3 Å². The van der Waals surface area contributed by atoms with Gasteiger partial charge in [0, 0.05) is 5.38 Å². The molecule has 122 valence electrons. The number of esters is 1. The van der Waals surface area contributed by atoms with E-state index in [0.717, 1.165) is 22.5 Å². The standard InChI is InChI=1S/C14H19BrN2O4S/c1-13(2,3)21-12(19)17-9(10(18)20-4)14(5-6-14)11-16-8(15)7-22-11/h7,9H,5-6H2,1-4H3,(H,17,19)/t9-/m0/s1. The Morgan fingerprint density at radius 3 is 2.50 bits per heavy atom. The fourth-order valence-electron chi connectivity index (χ4n) is 2.21. The predicted molar refractivity (Wildman–Crippen MR) is 85.9 cm³/mol. The Bertz CT molecular complexity index is 578. The number of ether oxygens (including phenoxy) is 2. The highest BCUT2D eigenvalue weighted by molar-refractivity contribution is 9.10. The van der Waals surface area contributed by atoms with Gasteiger partial charge in [0.25, 0.3) is 0 Å². The highest BCUT2D eigenvalue weighted by atomic mass is 79.9. The van der Waals surface area contributed by atoms with Crippen LogP contribution in [0.25, 0.3) is 0 Å². The fraction of sp³-hybridized carbons (Fsp3) is 0.643. The van der Waals surface area contributed by atoms with Crippen molar-refractivity contribution >= 4 is 39.3 Å². The van der Waals surface area contributed by atoms with Crippen LogP contribution in [-0.2, 0) is 19.7 Å². The molecule has 1 atom stereocenters. The van der Waals surface area contributed by atoms with Crippen LogP contribution < -0.4 is 5.32 Å². The first kappa shape index (κ1) is 17.2. The Hall–Kier alpha value is -1.15. The largest absolute Gasteiger partial charge is 0.467 e. The van der Waals surface area contributed by atoms with Gasteiger partial charge in [-0.05, 0) is 49.5 Å². The number of thiazole rings is 1. The lowest BCUT2D eigenvalue weighted by Crippen LogP contribution is -2.50. The molecule has 0 bridgehead atoms. The number of carbonyl (C=O) groups excluding carboxylic acids is 2. The van der Waals surface area contributed by atoms with Crippen molar-refractivity contribution in [2.24, 2.45) is 0 Å². The van der Waals surface area contributed by atoms with Crippen molar-refractivity contribution in [1.29, 1.82) is 0 Å². The monoisotopic (exact) mass is 390 g/mol. The maximum atomic E-state index is 12.2. The van der Waals surface area contributed by atoms with Gasteiger partial charge in [0.15, 0.2) is 0 Å². The second kappa shape index (κ2) is 6.16.